The Hall–Kier alpha value is -2.11. The number of ketones is 1. The Morgan fingerprint density at radius 3 is 2.47 bits per heavy atom. The molecule has 1 aliphatic carbocycles. The Morgan fingerprint density at radius 2 is 1.79 bits per heavy atom. The number of carbonyl (C=O) groups excluding carboxylic acids is 1. The molecule has 98 valence electrons. The molecule has 3 rings (SSSR count). The van der Waals surface area contributed by atoms with Gasteiger partial charge >= 0.3 is 0 Å². The number of Topliss-reactive ketones (excluding diaryl/α,β-unsaturated/α-hetero) is 1. The Bertz CT molecular complexity index is 656. The molecular formula is C13H9F3N2O. The van der Waals surface area contributed by atoms with Crippen molar-refractivity contribution in [3.63, 3.8) is 0 Å². The van der Waals surface area contributed by atoms with Crippen molar-refractivity contribution in [2.45, 2.75) is 19.3 Å². The number of carbonyl (C=O) groups is 1. The lowest BCUT2D eigenvalue weighted by Crippen LogP contribution is -2.13. The molecule has 0 bridgehead atoms. The normalized spacial score (nSPS) is 14.6. The molecule has 0 unspecified atom stereocenters. The minimum Gasteiger partial charge on any atom is -0.294 e. The zero-order chi connectivity index (χ0) is 13.6. The van der Waals surface area contributed by atoms with Gasteiger partial charge in [0.05, 0.1) is 23.1 Å². The SMILES string of the molecule is O=C1CCCc2c1cnn2-c1cc(F)c(F)c(F)c1. The van der Waals surface area contributed by atoms with E-state index in [1.807, 2.05) is 0 Å². The smallest absolute Gasteiger partial charge is 0.194 e. The van der Waals surface area contributed by atoms with Gasteiger partial charge < -0.3 is 0 Å². The Morgan fingerprint density at radius 1 is 1.11 bits per heavy atom. The highest BCUT2D eigenvalue weighted by atomic mass is 19.2. The summed E-state index contributed by atoms with van der Waals surface area (Å²) in [7, 11) is 0. The molecule has 1 aliphatic rings. The third-order valence-electron chi connectivity index (χ3n) is 3.20. The minimum atomic E-state index is -1.51. The Labute approximate surface area is 106 Å². The van der Waals surface area contributed by atoms with Gasteiger partial charge in [-0.2, -0.15) is 5.10 Å². The summed E-state index contributed by atoms with van der Waals surface area (Å²) < 4.78 is 40.6. The van der Waals surface area contributed by atoms with E-state index in [9.17, 15) is 18.0 Å². The standard InChI is InChI=1S/C13H9F3N2O/c14-9-4-7(5-10(15)13(9)16)18-11-2-1-3-12(19)8(11)6-17-18/h4-6H,1-3H2. The zero-order valence-corrected chi connectivity index (χ0v) is 9.79. The topological polar surface area (TPSA) is 34.9 Å². The summed E-state index contributed by atoms with van der Waals surface area (Å²) in [5.41, 5.74) is 1.16. The van der Waals surface area contributed by atoms with Crippen LogP contribution in [0.3, 0.4) is 0 Å². The number of rotatable bonds is 1. The largest absolute Gasteiger partial charge is 0.294 e. The molecule has 0 radical (unpaired) electrons. The van der Waals surface area contributed by atoms with Crippen molar-refractivity contribution in [1.82, 2.24) is 9.78 Å². The summed E-state index contributed by atoms with van der Waals surface area (Å²) in [6, 6.07) is 1.73. The lowest BCUT2D eigenvalue weighted by molar-refractivity contribution is 0.0972. The second kappa shape index (κ2) is 4.22. The molecule has 1 heterocycles. The molecule has 0 saturated carbocycles. The van der Waals surface area contributed by atoms with Gasteiger partial charge in [0.15, 0.2) is 23.2 Å². The first kappa shape index (κ1) is 12.0. The van der Waals surface area contributed by atoms with E-state index < -0.39 is 17.5 Å². The fraction of sp³-hybridized carbons (Fsp3) is 0.231. The number of nitrogens with zero attached hydrogens (tertiary/aromatic N) is 2. The average Bonchev–Trinajstić information content (AvgIpc) is 2.80. The van der Waals surface area contributed by atoms with Crippen LogP contribution >= 0.6 is 0 Å². The molecular weight excluding hydrogens is 257 g/mol. The number of halogens is 3. The van der Waals surface area contributed by atoms with Crippen molar-refractivity contribution in [3.8, 4) is 5.69 Å². The molecule has 1 aromatic heterocycles. The second-order valence-electron chi connectivity index (χ2n) is 4.42. The first-order valence-electron chi connectivity index (χ1n) is 5.83. The Kier molecular flexibility index (Phi) is 2.66. The van der Waals surface area contributed by atoms with E-state index in [1.165, 1.54) is 10.9 Å². The van der Waals surface area contributed by atoms with E-state index in [2.05, 4.69) is 5.10 Å². The molecule has 3 nitrogen and oxygen atoms in total. The van der Waals surface area contributed by atoms with Gasteiger partial charge in [0, 0.05) is 18.6 Å². The van der Waals surface area contributed by atoms with Crippen LogP contribution in [0, 0.1) is 17.5 Å². The van der Waals surface area contributed by atoms with E-state index in [-0.39, 0.29) is 11.5 Å². The first-order chi connectivity index (χ1) is 9.08. The van der Waals surface area contributed by atoms with Crippen molar-refractivity contribution < 1.29 is 18.0 Å². The van der Waals surface area contributed by atoms with Gasteiger partial charge in [0.1, 0.15) is 0 Å². The average molecular weight is 266 g/mol. The fourth-order valence-corrected chi connectivity index (χ4v) is 2.29. The molecule has 0 spiro atoms. The summed E-state index contributed by atoms with van der Waals surface area (Å²) in [5, 5.41) is 3.97. The molecule has 19 heavy (non-hydrogen) atoms. The van der Waals surface area contributed by atoms with Crippen LogP contribution in [0.1, 0.15) is 28.9 Å². The molecule has 0 atom stereocenters. The van der Waals surface area contributed by atoms with Gasteiger partial charge in [-0.1, -0.05) is 0 Å². The summed E-state index contributed by atoms with van der Waals surface area (Å²) in [4.78, 5) is 11.7. The molecule has 2 aromatic rings. The van der Waals surface area contributed by atoms with Crippen LogP contribution in [0.4, 0.5) is 13.2 Å². The molecule has 6 heteroatoms. The van der Waals surface area contributed by atoms with Crippen molar-refractivity contribution in [2.75, 3.05) is 0 Å². The quantitative estimate of drug-likeness (QED) is 0.744. The maximum Gasteiger partial charge on any atom is 0.194 e. The monoisotopic (exact) mass is 266 g/mol. The number of fused-ring (bicyclic) bond motifs is 1. The summed E-state index contributed by atoms with van der Waals surface area (Å²) in [6.07, 6.45) is 3.10. The van der Waals surface area contributed by atoms with Gasteiger partial charge in [-0.25, -0.2) is 17.9 Å². The van der Waals surface area contributed by atoms with Gasteiger partial charge in [-0.3, -0.25) is 4.79 Å². The van der Waals surface area contributed by atoms with Crippen molar-refractivity contribution >= 4 is 5.78 Å². The van der Waals surface area contributed by atoms with Gasteiger partial charge in [0.2, 0.25) is 0 Å². The summed E-state index contributed by atoms with van der Waals surface area (Å²) in [6.45, 7) is 0. The van der Waals surface area contributed by atoms with E-state index in [4.69, 9.17) is 0 Å². The van der Waals surface area contributed by atoms with E-state index in [0.717, 1.165) is 12.1 Å². The fourth-order valence-electron chi connectivity index (χ4n) is 2.29. The second-order valence-corrected chi connectivity index (χ2v) is 4.42. The Balaban J connectivity index is 2.16. The van der Waals surface area contributed by atoms with Gasteiger partial charge in [0.25, 0.3) is 0 Å². The lowest BCUT2D eigenvalue weighted by Gasteiger charge is -2.13. The predicted octanol–water partition coefficient (Wildman–Crippen LogP) is 2.81. The maximum atomic E-state index is 13.2. The van der Waals surface area contributed by atoms with E-state index >= 15 is 0 Å². The van der Waals surface area contributed by atoms with Crippen LogP contribution < -0.4 is 0 Å². The zero-order valence-electron chi connectivity index (χ0n) is 9.79. The van der Waals surface area contributed by atoms with Crippen LogP contribution in [0.2, 0.25) is 0 Å². The van der Waals surface area contributed by atoms with Crippen molar-refractivity contribution in [2.24, 2.45) is 0 Å². The van der Waals surface area contributed by atoms with Crippen LogP contribution in [-0.4, -0.2) is 15.6 Å². The predicted molar refractivity (Wildman–Crippen MR) is 60.7 cm³/mol. The third kappa shape index (κ3) is 1.83. The van der Waals surface area contributed by atoms with Crippen molar-refractivity contribution in [3.05, 3.63) is 47.0 Å². The number of benzene rings is 1. The van der Waals surface area contributed by atoms with Gasteiger partial charge in [-0.15, -0.1) is 0 Å². The molecule has 0 aliphatic heterocycles. The highest BCUT2D eigenvalue weighted by molar-refractivity contribution is 5.98. The van der Waals surface area contributed by atoms with E-state index in [1.54, 1.807) is 0 Å². The molecule has 0 fully saturated rings. The van der Waals surface area contributed by atoms with Crippen LogP contribution in [0.25, 0.3) is 5.69 Å². The van der Waals surface area contributed by atoms with Crippen LogP contribution in [-0.2, 0) is 6.42 Å². The maximum absolute atomic E-state index is 13.2. The first-order valence-corrected chi connectivity index (χ1v) is 5.83. The van der Waals surface area contributed by atoms with Crippen molar-refractivity contribution in [1.29, 1.82) is 0 Å². The minimum absolute atomic E-state index is 0.0319. The molecule has 1 aromatic carbocycles. The molecule has 0 N–H and O–H groups in total. The molecule has 0 amide bonds. The molecule has 0 saturated heterocycles. The van der Waals surface area contributed by atoms with Gasteiger partial charge in [-0.05, 0) is 12.8 Å². The highest BCUT2D eigenvalue weighted by Gasteiger charge is 2.23. The van der Waals surface area contributed by atoms with Crippen LogP contribution in [0.15, 0.2) is 18.3 Å². The number of hydrogen-bond acceptors (Lipinski definition) is 2. The van der Waals surface area contributed by atoms with E-state index in [0.29, 0.717) is 30.5 Å². The number of hydrogen-bond donors (Lipinski definition) is 0. The summed E-state index contributed by atoms with van der Waals surface area (Å²) in [5.74, 6) is -4.10. The lowest BCUT2D eigenvalue weighted by atomic mass is 9.97. The summed E-state index contributed by atoms with van der Waals surface area (Å²) >= 11 is 0. The highest BCUT2D eigenvalue weighted by Crippen LogP contribution is 2.25. The van der Waals surface area contributed by atoms with Crippen LogP contribution in [0.5, 0.6) is 0 Å². The third-order valence-corrected chi connectivity index (χ3v) is 3.20. The number of aromatic nitrogens is 2.